The van der Waals surface area contributed by atoms with Gasteiger partial charge in [-0.3, -0.25) is 4.99 Å². The molecule has 26 heavy (non-hydrogen) atoms. The van der Waals surface area contributed by atoms with Crippen molar-refractivity contribution in [3.63, 3.8) is 0 Å². The van der Waals surface area contributed by atoms with Crippen LogP contribution >= 0.6 is 24.0 Å². The summed E-state index contributed by atoms with van der Waals surface area (Å²) in [5, 5.41) is 6.50. The number of benzene rings is 2. The van der Waals surface area contributed by atoms with Gasteiger partial charge in [0.2, 0.25) is 0 Å². The Labute approximate surface area is 172 Å². The predicted octanol–water partition coefficient (Wildman–Crippen LogP) is 3.41. The Balaban J connectivity index is 0.00000338. The molecule has 2 aromatic carbocycles. The first-order valence-corrected chi connectivity index (χ1v) is 8.49. The number of halogens is 2. The molecule has 0 aromatic heterocycles. The van der Waals surface area contributed by atoms with Crippen LogP contribution in [0.5, 0.6) is 0 Å². The zero-order valence-corrected chi connectivity index (χ0v) is 18.0. The summed E-state index contributed by atoms with van der Waals surface area (Å²) < 4.78 is 13.6. The van der Waals surface area contributed by atoms with E-state index < -0.39 is 0 Å². The number of nitrogens with one attached hydrogen (secondary N) is 2. The van der Waals surface area contributed by atoms with Gasteiger partial charge in [0, 0.05) is 26.7 Å². The average molecular weight is 470 g/mol. The molecule has 0 aliphatic carbocycles. The molecule has 2 rings (SSSR count). The molecule has 0 saturated heterocycles. The summed E-state index contributed by atoms with van der Waals surface area (Å²) in [5.74, 6) is 0.554. The van der Waals surface area contributed by atoms with Crippen LogP contribution in [0, 0.1) is 5.82 Å². The zero-order chi connectivity index (χ0) is 18.1. The summed E-state index contributed by atoms with van der Waals surface area (Å²) in [6.45, 7) is 2.26. The number of rotatable bonds is 7. The van der Waals surface area contributed by atoms with Gasteiger partial charge in [-0.25, -0.2) is 4.39 Å². The average Bonchev–Trinajstić information content (AvgIpc) is 2.60. The molecule has 0 aliphatic heterocycles. The van der Waals surface area contributed by atoms with E-state index in [1.165, 1.54) is 17.2 Å². The van der Waals surface area contributed by atoms with Crippen LogP contribution in [0.3, 0.4) is 0 Å². The quantitative estimate of drug-likeness (QED) is 0.370. The molecule has 0 spiro atoms. The molecular formula is C20H28FIN4. The van der Waals surface area contributed by atoms with Crippen LogP contribution in [0.25, 0.3) is 0 Å². The van der Waals surface area contributed by atoms with Gasteiger partial charge in [0.15, 0.2) is 5.96 Å². The SMILES string of the molecule is CN=C(NCCc1ccccc1F)NCc1ccc(CN(C)C)cc1.I. The van der Waals surface area contributed by atoms with Gasteiger partial charge < -0.3 is 15.5 Å². The second-order valence-electron chi connectivity index (χ2n) is 6.25. The molecule has 0 aliphatic rings. The highest BCUT2D eigenvalue weighted by atomic mass is 127. The number of aliphatic imine (C=N–C) groups is 1. The molecular weight excluding hydrogens is 442 g/mol. The molecule has 0 atom stereocenters. The van der Waals surface area contributed by atoms with Gasteiger partial charge in [-0.05, 0) is 43.3 Å². The Kier molecular flexibility index (Phi) is 10.2. The Bertz CT molecular complexity index is 686. The number of nitrogens with zero attached hydrogens (tertiary/aromatic N) is 2. The fourth-order valence-corrected chi connectivity index (χ4v) is 2.55. The van der Waals surface area contributed by atoms with Crippen LogP contribution in [-0.2, 0) is 19.5 Å². The maximum absolute atomic E-state index is 13.6. The van der Waals surface area contributed by atoms with E-state index in [1.54, 1.807) is 13.1 Å². The Morgan fingerprint density at radius 1 is 1.00 bits per heavy atom. The van der Waals surface area contributed by atoms with E-state index in [4.69, 9.17) is 0 Å². The smallest absolute Gasteiger partial charge is 0.191 e. The Morgan fingerprint density at radius 2 is 1.65 bits per heavy atom. The van der Waals surface area contributed by atoms with Gasteiger partial charge >= 0.3 is 0 Å². The summed E-state index contributed by atoms with van der Waals surface area (Å²) in [4.78, 5) is 6.36. The minimum absolute atomic E-state index is 0. The van der Waals surface area contributed by atoms with E-state index in [0.29, 0.717) is 31.0 Å². The second-order valence-corrected chi connectivity index (χ2v) is 6.25. The number of hydrogen-bond donors (Lipinski definition) is 2. The molecule has 142 valence electrons. The lowest BCUT2D eigenvalue weighted by Gasteiger charge is -2.13. The van der Waals surface area contributed by atoms with Crippen molar-refractivity contribution >= 4 is 29.9 Å². The van der Waals surface area contributed by atoms with Crippen molar-refractivity contribution in [1.29, 1.82) is 0 Å². The fourth-order valence-electron chi connectivity index (χ4n) is 2.55. The van der Waals surface area contributed by atoms with E-state index in [-0.39, 0.29) is 29.8 Å². The van der Waals surface area contributed by atoms with Crippen LogP contribution in [0.15, 0.2) is 53.5 Å². The van der Waals surface area contributed by atoms with E-state index in [1.807, 2.05) is 12.1 Å². The van der Waals surface area contributed by atoms with Gasteiger partial charge in [0.1, 0.15) is 5.82 Å². The van der Waals surface area contributed by atoms with Gasteiger partial charge in [-0.2, -0.15) is 0 Å². The Morgan fingerprint density at radius 3 is 2.27 bits per heavy atom. The van der Waals surface area contributed by atoms with Gasteiger partial charge in [0.05, 0.1) is 0 Å². The lowest BCUT2D eigenvalue weighted by molar-refractivity contribution is 0.402. The Hall–Kier alpha value is -1.67. The fraction of sp³-hybridized carbons (Fsp3) is 0.350. The highest BCUT2D eigenvalue weighted by molar-refractivity contribution is 14.0. The predicted molar refractivity (Wildman–Crippen MR) is 118 cm³/mol. The minimum atomic E-state index is -0.162. The van der Waals surface area contributed by atoms with Crippen molar-refractivity contribution in [2.75, 3.05) is 27.7 Å². The van der Waals surface area contributed by atoms with Crippen LogP contribution in [0.1, 0.15) is 16.7 Å². The largest absolute Gasteiger partial charge is 0.356 e. The lowest BCUT2D eigenvalue weighted by Crippen LogP contribution is -2.37. The molecule has 0 bridgehead atoms. The number of guanidine groups is 1. The first-order chi connectivity index (χ1) is 12.1. The van der Waals surface area contributed by atoms with E-state index in [2.05, 4.69) is 58.9 Å². The van der Waals surface area contributed by atoms with Crippen molar-refractivity contribution in [3.8, 4) is 0 Å². The third-order valence-electron chi connectivity index (χ3n) is 3.85. The van der Waals surface area contributed by atoms with Crippen molar-refractivity contribution in [1.82, 2.24) is 15.5 Å². The summed E-state index contributed by atoms with van der Waals surface area (Å²) >= 11 is 0. The summed E-state index contributed by atoms with van der Waals surface area (Å²) in [5.41, 5.74) is 3.20. The first kappa shape index (κ1) is 22.4. The maximum Gasteiger partial charge on any atom is 0.191 e. The van der Waals surface area contributed by atoms with Crippen LogP contribution in [0.2, 0.25) is 0 Å². The zero-order valence-electron chi connectivity index (χ0n) is 15.6. The molecule has 0 fully saturated rings. The van der Waals surface area contributed by atoms with Crippen LogP contribution in [-0.4, -0.2) is 38.5 Å². The highest BCUT2D eigenvalue weighted by Gasteiger charge is 2.02. The van der Waals surface area contributed by atoms with Crippen molar-refractivity contribution < 1.29 is 4.39 Å². The molecule has 0 amide bonds. The van der Waals surface area contributed by atoms with Gasteiger partial charge in [-0.15, -0.1) is 24.0 Å². The van der Waals surface area contributed by atoms with Crippen molar-refractivity contribution in [2.24, 2.45) is 4.99 Å². The van der Waals surface area contributed by atoms with E-state index >= 15 is 0 Å². The van der Waals surface area contributed by atoms with E-state index in [0.717, 1.165) is 6.54 Å². The van der Waals surface area contributed by atoms with Crippen LogP contribution in [0.4, 0.5) is 4.39 Å². The first-order valence-electron chi connectivity index (χ1n) is 8.49. The van der Waals surface area contributed by atoms with Crippen molar-refractivity contribution in [2.45, 2.75) is 19.5 Å². The van der Waals surface area contributed by atoms with Gasteiger partial charge in [-0.1, -0.05) is 42.5 Å². The molecule has 2 N–H and O–H groups in total. The molecule has 0 unspecified atom stereocenters. The van der Waals surface area contributed by atoms with E-state index in [9.17, 15) is 4.39 Å². The van der Waals surface area contributed by atoms with Gasteiger partial charge in [0.25, 0.3) is 0 Å². The third-order valence-corrected chi connectivity index (χ3v) is 3.85. The maximum atomic E-state index is 13.6. The summed E-state index contributed by atoms with van der Waals surface area (Å²) in [6, 6.07) is 15.4. The summed E-state index contributed by atoms with van der Waals surface area (Å²) in [6.07, 6.45) is 0.618. The number of hydrogen-bond acceptors (Lipinski definition) is 2. The summed E-state index contributed by atoms with van der Waals surface area (Å²) in [7, 11) is 5.86. The van der Waals surface area contributed by atoms with Crippen molar-refractivity contribution in [3.05, 3.63) is 71.0 Å². The molecule has 6 heteroatoms. The third kappa shape index (κ3) is 7.70. The molecule has 0 saturated carbocycles. The monoisotopic (exact) mass is 470 g/mol. The molecule has 0 heterocycles. The van der Waals surface area contributed by atoms with Crippen LogP contribution < -0.4 is 10.6 Å². The minimum Gasteiger partial charge on any atom is -0.356 e. The topological polar surface area (TPSA) is 39.7 Å². The second kappa shape index (κ2) is 11.9. The normalized spacial score (nSPS) is 11.2. The highest BCUT2D eigenvalue weighted by Crippen LogP contribution is 2.07. The molecule has 0 radical (unpaired) electrons. The lowest BCUT2D eigenvalue weighted by atomic mass is 10.1. The standard InChI is InChI=1S/C20H27FN4.HI/c1-22-20(23-13-12-18-6-4-5-7-19(18)21)24-14-16-8-10-17(11-9-16)15-25(2)3;/h4-11H,12-15H2,1-3H3,(H2,22,23,24);1H. The molecule has 4 nitrogen and oxygen atoms in total. The molecule has 2 aromatic rings.